The van der Waals surface area contributed by atoms with Crippen LogP contribution in [0, 0.1) is 34.0 Å². The van der Waals surface area contributed by atoms with Crippen molar-refractivity contribution in [2.45, 2.75) is 63.3 Å². The molecule has 2 aromatic carbocycles. The van der Waals surface area contributed by atoms with Gasteiger partial charge in [0.2, 0.25) is 5.60 Å². The molecule has 0 radical (unpaired) electrons. The van der Waals surface area contributed by atoms with Crippen LogP contribution in [0.15, 0.2) is 72.3 Å². The second-order valence-electron chi connectivity index (χ2n) is 12.9. The molecule has 2 aromatic rings. The van der Waals surface area contributed by atoms with Gasteiger partial charge in [-0.1, -0.05) is 36.8 Å². The van der Waals surface area contributed by atoms with E-state index in [1.54, 1.807) is 50.3 Å². The lowest BCUT2D eigenvalue weighted by Gasteiger charge is -2.62. The Morgan fingerprint density at radius 1 is 1.11 bits per heavy atom. The second-order valence-corrected chi connectivity index (χ2v) is 12.9. The third-order valence-electron chi connectivity index (χ3n) is 10.8. The number of nitrogens with zero attached hydrogens (tertiary/aromatic N) is 1. The molecule has 10 heteroatoms. The Morgan fingerprint density at radius 2 is 1.87 bits per heavy atom. The van der Waals surface area contributed by atoms with Crippen LogP contribution in [0.2, 0.25) is 0 Å². The Hall–Kier alpha value is -4.49. The normalized spacial score (nSPS) is 34.8. The van der Waals surface area contributed by atoms with Crippen molar-refractivity contribution in [1.82, 2.24) is 0 Å². The third kappa shape index (κ3) is 4.47. The first-order chi connectivity index (χ1) is 21.4. The number of alkyl halides is 1. The number of ketones is 1. The molecule has 9 nitrogen and oxygen atoms in total. The number of fused-ring (bicyclic) bond motifs is 5. The molecule has 0 saturated heterocycles. The number of allylic oxidation sites excluding steroid dienone is 4. The summed E-state index contributed by atoms with van der Waals surface area (Å²) in [7, 11) is 0. The fourth-order valence-corrected chi connectivity index (χ4v) is 8.52. The topological polar surface area (TPSA) is 143 Å². The van der Waals surface area contributed by atoms with Gasteiger partial charge in [-0.25, -0.2) is 14.0 Å². The molecular formula is C35H34FNO8. The maximum absolute atomic E-state index is 17.5. The molecule has 0 unspecified atom stereocenters. The number of ether oxygens (including phenoxy) is 3. The van der Waals surface area contributed by atoms with Gasteiger partial charge in [-0.05, 0) is 87.4 Å². The van der Waals surface area contributed by atoms with Crippen LogP contribution < -0.4 is 4.74 Å². The van der Waals surface area contributed by atoms with Crippen molar-refractivity contribution in [3.05, 3.63) is 77.9 Å². The summed E-state index contributed by atoms with van der Waals surface area (Å²) in [4.78, 5) is 39.6. The number of nitriles is 1. The van der Waals surface area contributed by atoms with Crippen LogP contribution in [-0.2, 0) is 19.1 Å². The van der Waals surface area contributed by atoms with Gasteiger partial charge in [0, 0.05) is 16.7 Å². The quantitative estimate of drug-likeness (QED) is 0.402. The Labute approximate surface area is 259 Å². The van der Waals surface area contributed by atoms with Crippen molar-refractivity contribution >= 4 is 17.7 Å². The highest BCUT2D eigenvalue weighted by Crippen LogP contribution is 2.70. The number of esters is 2. The zero-order valence-corrected chi connectivity index (χ0v) is 25.0. The fourth-order valence-electron chi connectivity index (χ4n) is 8.52. The Bertz CT molecular complexity index is 1670. The van der Waals surface area contributed by atoms with Gasteiger partial charge in [0.05, 0.1) is 11.7 Å². The fraction of sp³-hybridized carbons (Fsp3) is 0.429. The van der Waals surface area contributed by atoms with E-state index in [9.17, 15) is 24.6 Å². The summed E-state index contributed by atoms with van der Waals surface area (Å²) in [5.74, 6) is -3.10. The lowest BCUT2D eigenvalue weighted by atomic mass is 9.45. The third-order valence-corrected chi connectivity index (χ3v) is 10.8. The van der Waals surface area contributed by atoms with E-state index in [0.29, 0.717) is 30.6 Å². The van der Waals surface area contributed by atoms with Gasteiger partial charge in [-0.15, -0.1) is 0 Å². The Morgan fingerprint density at radius 3 is 2.58 bits per heavy atom. The summed E-state index contributed by atoms with van der Waals surface area (Å²) in [6.07, 6.45) is 3.55. The molecule has 0 spiro atoms. The van der Waals surface area contributed by atoms with Gasteiger partial charge in [0.15, 0.2) is 29.6 Å². The number of halogens is 1. The number of carbonyl (C=O) groups excluding carboxylic acids is 3. The van der Waals surface area contributed by atoms with Gasteiger partial charge < -0.3 is 24.4 Å². The average molecular weight is 616 g/mol. The first-order valence-corrected chi connectivity index (χ1v) is 15.0. The molecule has 6 rings (SSSR count). The average Bonchev–Trinajstić information content (AvgIpc) is 3.30. The van der Waals surface area contributed by atoms with Crippen molar-refractivity contribution in [2.24, 2.45) is 22.7 Å². The molecule has 2 N–H and O–H groups in total. The molecule has 0 heterocycles. The van der Waals surface area contributed by atoms with Crippen molar-refractivity contribution in [3.8, 4) is 23.3 Å². The van der Waals surface area contributed by atoms with Crippen LogP contribution in [0.4, 0.5) is 4.39 Å². The number of phenols is 1. The van der Waals surface area contributed by atoms with Gasteiger partial charge >= 0.3 is 11.9 Å². The number of carbonyl (C=O) groups is 3. The van der Waals surface area contributed by atoms with Crippen molar-refractivity contribution < 1.29 is 43.2 Å². The van der Waals surface area contributed by atoms with E-state index >= 15 is 4.39 Å². The van der Waals surface area contributed by atoms with E-state index in [4.69, 9.17) is 19.5 Å². The van der Waals surface area contributed by atoms with E-state index in [1.807, 2.05) is 6.07 Å². The zero-order valence-electron chi connectivity index (χ0n) is 25.0. The first-order valence-electron chi connectivity index (χ1n) is 15.0. The van der Waals surface area contributed by atoms with Crippen molar-refractivity contribution in [2.75, 3.05) is 6.61 Å². The molecule has 0 aliphatic heterocycles. The van der Waals surface area contributed by atoms with Crippen molar-refractivity contribution in [1.29, 1.82) is 5.26 Å². The number of hydrogen-bond donors (Lipinski definition) is 2. The molecule has 0 amide bonds. The van der Waals surface area contributed by atoms with Gasteiger partial charge in [-0.3, -0.25) is 4.79 Å². The smallest absolute Gasteiger partial charge is 0.352 e. The van der Waals surface area contributed by atoms with Gasteiger partial charge in [-0.2, -0.15) is 5.26 Å². The molecular weight excluding hydrogens is 581 g/mol. The van der Waals surface area contributed by atoms with Crippen LogP contribution in [0.25, 0.3) is 0 Å². The number of aliphatic hydroxyl groups excluding tert-OH is 1. The molecule has 45 heavy (non-hydrogen) atoms. The number of aliphatic hydroxyl groups is 1. The second kappa shape index (κ2) is 10.8. The van der Waals surface area contributed by atoms with Crippen molar-refractivity contribution in [3.63, 3.8) is 0 Å². The lowest BCUT2D eigenvalue weighted by Crippen LogP contribution is -2.69. The highest BCUT2D eigenvalue weighted by Gasteiger charge is 2.76. The van der Waals surface area contributed by atoms with E-state index in [0.717, 1.165) is 0 Å². The van der Waals surface area contributed by atoms with Gasteiger partial charge in [0.25, 0.3) is 0 Å². The van der Waals surface area contributed by atoms with Crippen LogP contribution >= 0.6 is 0 Å². The van der Waals surface area contributed by atoms with Gasteiger partial charge in [0.1, 0.15) is 11.8 Å². The predicted octanol–water partition coefficient (Wildman–Crippen LogP) is 5.52. The molecule has 0 aromatic heterocycles. The molecule has 3 saturated carbocycles. The molecule has 4 aliphatic rings. The molecule has 234 valence electrons. The highest BCUT2D eigenvalue weighted by molar-refractivity contribution is 6.01. The molecule has 4 aliphatic carbocycles. The lowest BCUT2D eigenvalue weighted by molar-refractivity contribution is -0.224. The predicted molar refractivity (Wildman–Crippen MR) is 158 cm³/mol. The number of rotatable bonds is 6. The highest BCUT2D eigenvalue weighted by atomic mass is 19.1. The number of para-hydroxylation sites is 1. The summed E-state index contributed by atoms with van der Waals surface area (Å²) in [5.41, 5.74) is -6.03. The van der Waals surface area contributed by atoms with Crippen LogP contribution in [-0.4, -0.2) is 51.9 Å². The first kappa shape index (κ1) is 30.5. The summed E-state index contributed by atoms with van der Waals surface area (Å²) in [5, 5.41) is 31.5. The number of hydrogen-bond acceptors (Lipinski definition) is 9. The van der Waals surface area contributed by atoms with E-state index in [1.165, 1.54) is 30.4 Å². The number of phenolic OH excluding ortho intramolecular Hbond substituents is 1. The molecule has 0 bridgehead atoms. The summed E-state index contributed by atoms with van der Waals surface area (Å²) >= 11 is 0. The minimum Gasteiger partial charge on any atom is -0.504 e. The van der Waals surface area contributed by atoms with Crippen LogP contribution in [0.3, 0.4) is 0 Å². The largest absolute Gasteiger partial charge is 0.504 e. The number of benzene rings is 2. The minimum absolute atomic E-state index is 0.0155. The summed E-state index contributed by atoms with van der Waals surface area (Å²) in [6.45, 7) is 2.81. The maximum Gasteiger partial charge on any atom is 0.352 e. The van der Waals surface area contributed by atoms with Crippen LogP contribution in [0.1, 0.15) is 56.3 Å². The van der Waals surface area contributed by atoms with Crippen LogP contribution in [0.5, 0.6) is 17.2 Å². The zero-order chi connectivity index (χ0) is 32.2. The van der Waals surface area contributed by atoms with E-state index < -0.39 is 58.6 Å². The van der Waals surface area contributed by atoms with E-state index in [2.05, 4.69) is 0 Å². The molecule has 7 atom stereocenters. The number of aromatic hydroxyl groups is 1. The summed E-state index contributed by atoms with van der Waals surface area (Å²) < 4.78 is 34.6. The SMILES string of the molecule is C[C@]12C=CC(=O)C=C1CC[C@H]1[C@@H]3CC[C@](OC(=O)c4ccc(Oc5ccccc5)c(O)c4)(C(=O)OCC#N)[C@@]3(C)C[C@H](O)[C@@]12F. The molecule has 3 fully saturated rings. The maximum atomic E-state index is 17.5. The minimum atomic E-state index is -2.14. The summed E-state index contributed by atoms with van der Waals surface area (Å²) in [6, 6.07) is 14.5. The Balaban J connectivity index is 1.34. The monoisotopic (exact) mass is 615 g/mol. The standard InChI is InChI=1S/C35H34FNO8/c1-32-14-12-23(38)19-22(32)9-10-26-25-13-15-34(31(42)43-17-16-37,33(25,2)20-29(40)35(26,32)36)45-30(41)21-8-11-28(27(39)18-21)44-24-6-4-3-5-7-24/h3-8,11-12,14,18-19,25-26,29,39-40H,9-10,13,15,17,20H2,1-2H3/t25-,26-,29-,32-,33-,34-,35-/m0/s1. The Kier molecular flexibility index (Phi) is 7.36. The van der Waals surface area contributed by atoms with E-state index in [-0.39, 0.29) is 35.7 Å².